The summed E-state index contributed by atoms with van der Waals surface area (Å²) < 4.78 is 39.5. The molecule has 154 valence electrons. The molecule has 0 aliphatic carbocycles. The summed E-state index contributed by atoms with van der Waals surface area (Å²) in [5.41, 5.74) is 4.78. The normalized spacial score (nSPS) is 12.0. The van der Waals surface area contributed by atoms with Crippen molar-refractivity contribution in [2.75, 3.05) is 20.4 Å². The number of fused-ring (bicyclic) bond motifs is 1. The highest BCUT2D eigenvalue weighted by atomic mass is 32.2. The molecule has 1 heterocycles. The lowest BCUT2D eigenvalue weighted by atomic mass is 10.1. The van der Waals surface area contributed by atoms with Crippen molar-refractivity contribution in [3.05, 3.63) is 84.2 Å². The van der Waals surface area contributed by atoms with Crippen molar-refractivity contribution in [3.8, 4) is 16.9 Å². The Hall–Kier alpha value is -2.96. The highest BCUT2D eigenvalue weighted by molar-refractivity contribution is 7.90. The molecule has 0 aliphatic rings. The highest BCUT2D eigenvalue weighted by Crippen LogP contribution is 2.32. The largest absolute Gasteiger partial charge is 0.309 e. The van der Waals surface area contributed by atoms with Crippen LogP contribution in [0.4, 0.5) is 4.39 Å². The second-order valence-corrected chi connectivity index (χ2v) is 9.78. The molecule has 0 saturated heterocycles. The smallest absolute Gasteiger partial charge is 0.175 e. The number of benzene rings is 3. The van der Waals surface area contributed by atoms with Crippen LogP contribution in [0.3, 0.4) is 0 Å². The van der Waals surface area contributed by atoms with E-state index in [9.17, 15) is 12.8 Å². The number of halogens is 1. The first-order valence-electron chi connectivity index (χ1n) is 9.58. The van der Waals surface area contributed by atoms with E-state index in [2.05, 4.69) is 33.7 Å². The fraction of sp³-hybridized carbons (Fsp3) is 0.167. The molecule has 6 heteroatoms. The second-order valence-electron chi connectivity index (χ2n) is 7.77. The van der Waals surface area contributed by atoms with Crippen molar-refractivity contribution in [2.45, 2.75) is 11.4 Å². The van der Waals surface area contributed by atoms with Crippen molar-refractivity contribution in [1.29, 1.82) is 0 Å². The van der Waals surface area contributed by atoms with Crippen LogP contribution in [0.15, 0.2) is 77.7 Å². The van der Waals surface area contributed by atoms with Crippen molar-refractivity contribution in [2.24, 2.45) is 0 Å². The molecular weight excluding hydrogens is 399 g/mol. The summed E-state index contributed by atoms with van der Waals surface area (Å²) in [6, 6.07) is 21.7. The summed E-state index contributed by atoms with van der Waals surface area (Å²) in [5.74, 6) is -0.292. The third kappa shape index (κ3) is 4.01. The van der Waals surface area contributed by atoms with E-state index in [0.29, 0.717) is 0 Å². The predicted molar refractivity (Wildman–Crippen MR) is 119 cm³/mol. The van der Waals surface area contributed by atoms with Gasteiger partial charge in [-0.1, -0.05) is 24.3 Å². The van der Waals surface area contributed by atoms with Gasteiger partial charge in [0.05, 0.1) is 16.1 Å². The van der Waals surface area contributed by atoms with Crippen molar-refractivity contribution in [3.63, 3.8) is 0 Å². The van der Waals surface area contributed by atoms with E-state index in [1.165, 1.54) is 24.0 Å². The van der Waals surface area contributed by atoms with E-state index in [-0.39, 0.29) is 10.7 Å². The Bertz CT molecular complexity index is 1310. The van der Waals surface area contributed by atoms with E-state index < -0.39 is 9.84 Å². The zero-order chi connectivity index (χ0) is 21.5. The second kappa shape index (κ2) is 7.70. The lowest BCUT2D eigenvalue weighted by Gasteiger charge is -2.14. The molecule has 0 amide bonds. The molecule has 4 aromatic rings. The van der Waals surface area contributed by atoms with Gasteiger partial charge in [-0.15, -0.1) is 0 Å². The van der Waals surface area contributed by atoms with Crippen LogP contribution < -0.4 is 0 Å². The topological polar surface area (TPSA) is 42.3 Å². The number of hydrogen-bond acceptors (Lipinski definition) is 3. The Labute approximate surface area is 176 Å². The van der Waals surface area contributed by atoms with Crippen LogP contribution >= 0.6 is 0 Å². The lowest BCUT2D eigenvalue weighted by molar-refractivity contribution is 0.402. The van der Waals surface area contributed by atoms with Crippen LogP contribution in [0.1, 0.15) is 5.56 Å². The van der Waals surface area contributed by atoms with Crippen LogP contribution in [0.25, 0.3) is 27.8 Å². The zero-order valence-electron chi connectivity index (χ0n) is 17.1. The number of nitrogens with zero attached hydrogens (tertiary/aromatic N) is 2. The molecular formula is C24H23FN2O2S. The maximum absolute atomic E-state index is 13.9. The van der Waals surface area contributed by atoms with Crippen molar-refractivity contribution in [1.82, 2.24) is 9.47 Å². The summed E-state index contributed by atoms with van der Waals surface area (Å²) in [5, 5.41) is 0.787. The monoisotopic (exact) mass is 422 g/mol. The van der Waals surface area contributed by atoms with Gasteiger partial charge in [0.2, 0.25) is 0 Å². The fourth-order valence-electron chi connectivity index (χ4n) is 3.67. The molecule has 3 aromatic carbocycles. The van der Waals surface area contributed by atoms with Gasteiger partial charge < -0.3 is 9.47 Å². The minimum Gasteiger partial charge on any atom is -0.309 e. The SMILES string of the molecule is CN(C)Cc1ccc(-n2c(-c3ccc(S(C)(=O)=O)cc3)cc3cc(F)ccc32)cc1. The van der Waals surface area contributed by atoms with E-state index in [0.717, 1.165) is 34.4 Å². The minimum absolute atomic E-state index is 0.271. The Morgan fingerprint density at radius 2 is 1.57 bits per heavy atom. The van der Waals surface area contributed by atoms with Gasteiger partial charge >= 0.3 is 0 Å². The van der Waals surface area contributed by atoms with Gasteiger partial charge in [-0.2, -0.15) is 0 Å². The Kier molecular flexibility index (Phi) is 5.22. The van der Waals surface area contributed by atoms with E-state index >= 15 is 0 Å². The summed E-state index contributed by atoms with van der Waals surface area (Å²) in [7, 11) is 0.786. The quantitative estimate of drug-likeness (QED) is 0.459. The van der Waals surface area contributed by atoms with Gasteiger partial charge in [0.15, 0.2) is 9.84 Å². The first-order valence-corrected chi connectivity index (χ1v) is 11.5. The maximum Gasteiger partial charge on any atom is 0.175 e. The van der Waals surface area contributed by atoms with Crippen LogP contribution in [0, 0.1) is 5.82 Å². The Morgan fingerprint density at radius 3 is 2.17 bits per heavy atom. The first-order chi connectivity index (χ1) is 14.2. The number of aromatic nitrogens is 1. The van der Waals surface area contributed by atoms with Gasteiger partial charge in [0, 0.05) is 23.9 Å². The number of sulfone groups is 1. The Balaban J connectivity index is 1.88. The molecule has 4 nitrogen and oxygen atoms in total. The molecule has 0 fully saturated rings. The first kappa shape index (κ1) is 20.3. The molecule has 30 heavy (non-hydrogen) atoms. The summed E-state index contributed by atoms with van der Waals surface area (Å²) in [4.78, 5) is 2.38. The maximum atomic E-state index is 13.9. The molecule has 0 unspecified atom stereocenters. The predicted octanol–water partition coefficient (Wildman–Crippen LogP) is 4.90. The number of hydrogen-bond donors (Lipinski definition) is 0. The third-order valence-electron chi connectivity index (χ3n) is 5.04. The molecule has 0 saturated carbocycles. The van der Waals surface area contributed by atoms with E-state index in [1.807, 2.05) is 20.2 Å². The molecule has 0 spiro atoms. The van der Waals surface area contributed by atoms with E-state index in [1.54, 1.807) is 30.3 Å². The Morgan fingerprint density at radius 1 is 0.900 bits per heavy atom. The van der Waals surface area contributed by atoms with Gasteiger partial charge in [-0.25, -0.2) is 12.8 Å². The molecule has 0 atom stereocenters. The molecule has 0 radical (unpaired) electrons. The van der Waals surface area contributed by atoms with E-state index in [4.69, 9.17) is 0 Å². The van der Waals surface area contributed by atoms with Gasteiger partial charge in [0.25, 0.3) is 0 Å². The van der Waals surface area contributed by atoms with Crippen LogP contribution in [0.2, 0.25) is 0 Å². The van der Waals surface area contributed by atoms with Gasteiger partial charge in [-0.05, 0) is 73.8 Å². The zero-order valence-corrected chi connectivity index (χ0v) is 17.9. The fourth-order valence-corrected chi connectivity index (χ4v) is 4.30. The standard InChI is InChI=1S/C24H23FN2O2S/c1-26(2)16-17-4-9-21(10-5-17)27-23-13-8-20(25)14-19(23)15-24(27)18-6-11-22(12-7-18)30(3,28)29/h4-15H,16H2,1-3H3. The summed E-state index contributed by atoms with van der Waals surface area (Å²) >= 11 is 0. The summed E-state index contributed by atoms with van der Waals surface area (Å²) in [6.07, 6.45) is 1.19. The molecule has 0 N–H and O–H groups in total. The highest BCUT2D eigenvalue weighted by Gasteiger charge is 2.14. The summed E-state index contributed by atoms with van der Waals surface area (Å²) in [6.45, 7) is 0.845. The molecule has 0 aliphatic heterocycles. The van der Waals surface area contributed by atoms with Gasteiger partial charge in [0.1, 0.15) is 5.82 Å². The minimum atomic E-state index is -3.27. The van der Waals surface area contributed by atoms with Gasteiger partial charge in [-0.3, -0.25) is 0 Å². The van der Waals surface area contributed by atoms with Crippen molar-refractivity contribution < 1.29 is 12.8 Å². The van der Waals surface area contributed by atoms with Crippen LogP contribution in [0.5, 0.6) is 0 Å². The molecule has 0 bridgehead atoms. The molecule has 1 aromatic heterocycles. The van der Waals surface area contributed by atoms with Crippen LogP contribution in [-0.4, -0.2) is 38.2 Å². The average Bonchev–Trinajstić information content (AvgIpc) is 3.06. The third-order valence-corrected chi connectivity index (χ3v) is 6.16. The van der Waals surface area contributed by atoms with Crippen LogP contribution in [-0.2, 0) is 16.4 Å². The number of rotatable bonds is 5. The van der Waals surface area contributed by atoms with Crippen molar-refractivity contribution >= 4 is 20.7 Å². The molecule has 4 rings (SSSR count). The lowest BCUT2D eigenvalue weighted by Crippen LogP contribution is -2.10. The average molecular weight is 423 g/mol.